The lowest BCUT2D eigenvalue weighted by Gasteiger charge is -2.47. The van der Waals surface area contributed by atoms with Gasteiger partial charge in [-0.25, -0.2) is 4.79 Å². The van der Waals surface area contributed by atoms with E-state index in [1.165, 1.54) is 18.9 Å². The molecule has 5 rings (SSSR count). The number of nitrogens with zero attached hydrogens (tertiary/aromatic N) is 1. The number of ether oxygens (including phenoxy) is 2. The molecule has 1 amide bonds. The van der Waals surface area contributed by atoms with Gasteiger partial charge in [0.15, 0.2) is 6.10 Å². The van der Waals surface area contributed by atoms with Crippen LogP contribution in [0.5, 0.6) is 5.75 Å². The predicted octanol–water partition coefficient (Wildman–Crippen LogP) is 2.07. The minimum absolute atomic E-state index is 0.0341. The van der Waals surface area contributed by atoms with Crippen LogP contribution < -0.4 is 15.7 Å². The summed E-state index contributed by atoms with van der Waals surface area (Å²) in [5.74, 6) is 0.476. The van der Waals surface area contributed by atoms with Gasteiger partial charge in [-0.3, -0.25) is 4.79 Å². The van der Waals surface area contributed by atoms with E-state index in [1.807, 2.05) is 11.0 Å². The molecular weight excluding hydrogens is 372 g/mol. The van der Waals surface area contributed by atoms with E-state index in [9.17, 15) is 9.59 Å². The molecule has 0 saturated carbocycles. The first kappa shape index (κ1) is 18.6. The molecule has 1 spiro atoms. The van der Waals surface area contributed by atoms with Crippen LogP contribution in [-0.4, -0.2) is 54.3 Å². The van der Waals surface area contributed by atoms with Crippen molar-refractivity contribution in [1.29, 1.82) is 0 Å². The third kappa shape index (κ3) is 3.65. The Labute approximate surface area is 169 Å². The Morgan fingerprint density at radius 3 is 2.79 bits per heavy atom. The van der Waals surface area contributed by atoms with Gasteiger partial charge in [-0.15, -0.1) is 0 Å². The number of hydrogen-bond acceptors (Lipinski definition) is 6. The highest BCUT2D eigenvalue weighted by atomic mass is 16.5. The smallest absolute Gasteiger partial charge is 0.336 e. The molecule has 3 fully saturated rings. The highest BCUT2D eigenvalue weighted by molar-refractivity contribution is 5.82. The zero-order valence-electron chi connectivity index (χ0n) is 16.6. The fourth-order valence-corrected chi connectivity index (χ4v) is 5.11. The van der Waals surface area contributed by atoms with E-state index < -0.39 is 11.7 Å². The van der Waals surface area contributed by atoms with Crippen LogP contribution in [0.4, 0.5) is 0 Å². The first-order valence-corrected chi connectivity index (χ1v) is 10.4. The molecule has 1 aromatic carbocycles. The minimum atomic E-state index is -0.628. The lowest BCUT2D eigenvalue weighted by Crippen LogP contribution is -2.61. The molecule has 2 bridgehead atoms. The Morgan fingerprint density at radius 1 is 1.24 bits per heavy atom. The van der Waals surface area contributed by atoms with Crippen molar-refractivity contribution in [1.82, 2.24) is 10.2 Å². The predicted molar refractivity (Wildman–Crippen MR) is 107 cm³/mol. The first-order chi connectivity index (χ1) is 14.0. The van der Waals surface area contributed by atoms with E-state index in [-0.39, 0.29) is 11.5 Å². The van der Waals surface area contributed by atoms with Crippen LogP contribution in [0.1, 0.15) is 32.6 Å². The van der Waals surface area contributed by atoms with E-state index in [0.29, 0.717) is 43.1 Å². The lowest BCUT2D eigenvalue weighted by molar-refractivity contribution is -0.163. The van der Waals surface area contributed by atoms with Crippen molar-refractivity contribution < 1.29 is 18.7 Å². The van der Waals surface area contributed by atoms with Crippen molar-refractivity contribution in [3.63, 3.8) is 0 Å². The van der Waals surface area contributed by atoms with Crippen molar-refractivity contribution in [2.75, 3.05) is 19.7 Å². The number of amides is 1. The van der Waals surface area contributed by atoms with E-state index in [2.05, 4.69) is 5.32 Å². The monoisotopic (exact) mass is 398 g/mol. The van der Waals surface area contributed by atoms with Crippen molar-refractivity contribution in [3.05, 3.63) is 40.8 Å². The van der Waals surface area contributed by atoms with Gasteiger partial charge >= 0.3 is 5.63 Å². The topological polar surface area (TPSA) is 81.0 Å². The molecule has 7 nitrogen and oxygen atoms in total. The number of fused-ring (bicyclic) bond motifs is 3. The van der Waals surface area contributed by atoms with Crippen LogP contribution in [0, 0.1) is 0 Å². The van der Waals surface area contributed by atoms with Gasteiger partial charge in [0.05, 0.1) is 12.2 Å². The Balaban J connectivity index is 1.28. The van der Waals surface area contributed by atoms with Crippen molar-refractivity contribution in [2.24, 2.45) is 0 Å². The summed E-state index contributed by atoms with van der Waals surface area (Å²) >= 11 is 0. The highest BCUT2D eigenvalue weighted by Crippen LogP contribution is 2.38. The zero-order valence-corrected chi connectivity index (χ0v) is 16.6. The Kier molecular flexibility index (Phi) is 4.59. The molecule has 1 aromatic heterocycles. The molecule has 3 aliphatic heterocycles. The molecule has 29 heavy (non-hydrogen) atoms. The quantitative estimate of drug-likeness (QED) is 0.798. The van der Waals surface area contributed by atoms with E-state index in [4.69, 9.17) is 13.9 Å². The fraction of sp³-hybridized carbons (Fsp3) is 0.545. The number of carbonyl (C=O) groups excluding carboxylic acids is 1. The molecule has 4 atom stereocenters. The number of morpholine rings is 1. The van der Waals surface area contributed by atoms with Crippen molar-refractivity contribution >= 4 is 16.9 Å². The summed E-state index contributed by atoms with van der Waals surface area (Å²) in [5.41, 5.74) is -0.185. The van der Waals surface area contributed by atoms with E-state index in [0.717, 1.165) is 18.2 Å². The van der Waals surface area contributed by atoms with Crippen molar-refractivity contribution in [2.45, 2.75) is 56.4 Å². The van der Waals surface area contributed by atoms with Crippen LogP contribution in [0.15, 0.2) is 39.5 Å². The molecule has 0 radical (unpaired) electrons. The maximum Gasteiger partial charge on any atom is 0.336 e. The summed E-state index contributed by atoms with van der Waals surface area (Å²) in [4.78, 5) is 26.4. The van der Waals surface area contributed by atoms with Gasteiger partial charge in [-0.05, 0) is 50.8 Å². The van der Waals surface area contributed by atoms with Gasteiger partial charge in [0.2, 0.25) is 0 Å². The summed E-state index contributed by atoms with van der Waals surface area (Å²) < 4.78 is 17.3. The average molecular weight is 398 g/mol. The standard InChI is InChI=1S/C22H26N2O5/c1-14(28-18-6-2-15-3-7-20(25)29-19(15)10-18)21(26)24-8-9-27-22(13-24)11-16-4-5-17(12-22)23-16/h2-3,6-7,10,14,16-17,23H,4-5,8-9,11-13H2,1H3/t14?,16-,17+,22?. The van der Waals surface area contributed by atoms with Gasteiger partial charge in [0.25, 0.3) is 5.91 Å². The van der Waals surface area contributed by atoms with Crippen LogP contribution >= 0.6 is 0 Å². The molecule has 3 saturated heterocycles. The molecule has 2 unspecified atom stereocenters. The third-order valence-corrected chi connectivity index (χ3v) is 6.39. The van der Waals surface area contributed by atoms with Gasteiger partial charge in [-0.1, -0.05) is 0 Å². The second-order valence-corrected chi connectivity index (χ2v) is 8.55. The maximum absolute atomic E-state index is 13.1. The van der Waals surface area contributed by atoms with Crippen LogP contribution in [-0.2, 0) is 9.53 Å². The first-order valence-electron chi connectivity index (χ1n) is 10.4. The van der Waals surface area contributed by atoms with Gasteiger partial charge in [-0.2, -0.15) is 0 Å². The van der Waals surface area contributed by atoms with Crippen LogP contribution in [0.3, 0.4) is 0 Å². The van der Waals surface area contributed by atoms with E-state index in [1.54, 1.807) is 25.1 Å². The number of rotatable bonds is 3. The maximum atomic E-state index is 13.1. The minimum Gasteiger partial charge on any atom is -0.481 e. The number of hydrogen-bond donors (Lipinski definition) is 1. The summed E-state index contributed by atoms with van der Waals surface area (Å²) in [5, 5.41) is 4.45. The Hall–Kier alpha value is -2.38. The normalized spacial score (nSPS) is 29.9. The Morgan fingerprint density at radius 2 is 2.00 bits per heavy atom. The average Bonchev–Trinajstić information content (AvgIpc) is 3.06. The molecule has 4 heterocycles. The largest absolute Gasteiger partial charge is 0.481 e. The Bertz CT molecular complexity index is 975. The molecular formula is C22H26N2O5. The molecule has 7 heteroatoms. The molecule has 3 aliphatic rings. The SMILES string of the molecule is CC(Oc1ccc2ccc(=O)oc2c1)C(=O)N1CCOC2(C[C@H]3CC[C@@H](C2)N3)C1. The molecule has 1 N–H and O–H groups in total. The number of benzene rings is 1. The second kappa shape index (κ2) is 7.15. The summed E-state index contributed by atoms with van der Waals surface area (Å²) in [6, 6.07) is 9.37. The van der Waals surface area contributed by atoms with Gasteiger partial charge < -0.3 is 24.1 Å². The number of nitrogens with one attached hydrogen (secondary N) is 1. The van der Waals surface area contributed by atoms with Gasteiger partial charge in [0.1, 0.15) is 11.3 Å². The molecule has 2 aromatic rings. The third-order valence-electron chi connectivity index (χ3n) is 6.39. The summed E-state index contributed by atoms with van der Waals surface area (Å²) in [6.45, 7) is 3.55. The van der Waals surface area contributed by atoms with Gasteiger partial charge in [0, 0.05) is 42.7 Å². The van der Waals surface area contributed by atoms with Crippen molar-refractivity contribution in [3.8, 4) is 5.75 Å². The van der Waals surface area contributed by atoms with Crippen LogP contribution in [0.25, 0.3) is 11.0 Å². The lowest BCUT2D eigenvalue weighted by atomic mass is 9.85. The van der Waals surface area contributed by atoms with E-state index >= 15 is 0 Å². The zero-order chi connectivity index (χ0) is 20.0. The number of carbonyl (C=O) groups is 1. The molecule has 0 aliphatic carbocycles. The van der Waals surface area contributed by atoms with Crippen LogP contribution in [0.2, 0.25) is 0 Å². The molecule has 154 valence electrons. The summed E-state index contributed by atoms with van der Waals surface area (Å²) in [7, 11) is 0. The number of piperidine rings is 1. The second-order valence-electron chi connectivity index (χ2n) is 8.55. The highest BCUT2D eigenvalue weighted by Gasteiger charge is 2.48. The summed E-state index contributed by atoms with van der Waals surface area (Å²) in [6.07, 6.45) is 3.69. The fourth-order valence-electron chi connectivity index (χ4n) is 5.11.